The number of aryl methyl sites for hydroxylation is 1. The van der Waals surface area contributed by atoms with Crippen LogP contribution >= 0.6 is 11.3 Å². The second kappa shape index (κ2) is 9.31. The quantitative estimate of drug-likeness (QED) is 0.351. The molecule has 0 aliphatic carbocycles. The molecule has 0 radical (unpaired) electrons. The number of carbonyl (C=O) groups excluding carboxylic acids is 1. The summed E-state index contributed by atoms with van der Waals surface area (Å²) >= 11 is 1.65. The van der Waals surface area contributed by atoms with Gasteiger partial charge >= 0.3 is 0 Å². The summed E-state index contributed by atoms with van der Waals surface area (Å²) in [6.45, 7) is 6.32. The number of amides is 1. The topological polar surface area (TPSA) is 51.2 Å². The Morgan fingerprint density at radius 1 is 1.10 bits per heavy atom. The van der Waals surface area contributed by atoms with E-state index in [0.717, 1.165) is 38.5 Å². The second-order valence-corrected chi connectivity index (χ2v) is 8.76. The molecule has 158 valence electrons. The Labute approximate surface area is 186 Å². The monoisotopic (exact) mass is 430 g/mol. The van der Waals surface area contributed by atoms with Crippen LogP contribution in [0.5, 0.6) is 5.75 Å². The summed E-state index contributed by atoms with van der Waals surface area (Å²) in [7, 11) is 0. The van der Waals surface area contributed by atoms with E-state index in [1.54, 1.807) is 11.3 Å². The molecular weight excluding hydrogens is 404 g/mol. The molecule has 4 aromatic rings. The summed E-state index contributed by atoms with van der Waals surface area (Å²) in [6, 6.07) is 22.1. The van der Waals surface area contributed by atoms with Gasteiger partial charge in [-0.15, -0.1) is 11.3 Å². The summed E-state index contributed by atoms with van der Waals surface area (Å²) in [5, 5.41) is 3.92. The van der Waals surface area contributed by atoms with Gasteiger partial charge in [-0.05, 0) is 60.7 Å². The highest BCUT2D eigenvalue weighted by atomic mass is 32.1. The van der Waals surface area contributed by atoms with Gasteiger partial charge in [-0.1, -0.05) is 50.2 Å². The van der Waals surface area contributed by atoms with Crippen LogP contribution in [0.2, 0.25) is 0 Å². The van der Waals surface area contributed by atoms with E-state index >= 15 is 0 Å². The first-order chi connectivity index (χ1) is 15.0. The molecule has 1 aromatic heterocycles. The van der Waals surface area contributed by atoms with Gasteiger partial charge in [0.25, 0.3) is 5.91 Å². The van der Waals surface area contributed by atoms with Crippen LogP contribution in [0, 0.1) is 6.92 Å². The lowest BCUT2D eigenvalue weighted by molar-refractivity contribution is -0.118. The summed E-state index contributed by atoms with van der Waals surface area (Å²) in [6.07, 6.45) is 1.10. The number of aromatic nitrogens is 1. The van der Waals surface area contributed by atoms with Crippen molar-refractivity contribution in [2.24, 2.45) is 0 Å². The van der Waals surface area contributed by atoms with Crippen molar-refractivity contribution in [2.75, 3.05) is 11.9 Å². The lowest BCUT2D eigenvalue weighted by Crippen LogP contribution is -2.20. The highest BCUT2D eigenvalue weighted by Gasteiger charge is 2.11. The van der Waals surface area contributed by atoms with E-state index in [-0.39, 0.29) is 12.5 Å². The fourth-order valence-corrected chi connectivity index (χ4v) is 4.31. The predicted molar refractivity (Wildman–Crippen MR) is 129 cm³/mol. The van der Waals surface area contributed by atoms with Crippen LogP contribution in [0.15, 0.2) is 66.7 Å². The first kappa shape index (κ1) is 21.1. The van der Waals surface area contributed by atoms with Gasteiger partial charge in [0.1, 0.15) is 10.8 Å². The van der Waals surface area contributed by atoms with Crippen LogP contribution in [-0.2, 0) is 4.79 Å². The zero-order valence-corrected chi connectivity index (χ0v) is 18.8. The Morgan fingerprint density at radius 2 is 1.87 bits per heavy atom. The lowest BCUT2D eigenvalue weighted by atomic mass is 9.99. The fourth-order valence-electron chi connectivity index (χ4n) is 3.35. The molecule has 0 aliphatic rings. The molecule has 1 N–H and O–H groups in total. The Hall–Kier alpha value is -3.18. The van der Waals surface area contributed by atoms with E-state index in [1.807, 2.05) is 55.5 Å². The summed E-state index contributed by atoms with van der Waals surface area (Å²) in [5.74, 6) is 1.03. The molecule has 4 rings (SSSR count). The molecule has 3 aromatic carbocycles. The average Bonchev–Trinajstić information content (AvgIpc) is 3.23. The van der Waals surface area contributed by atoms with Crippen LogP contribution in [0.3, 0.4) is 0 Å². The number of hydrogen-bond donors (Lipinski definition) is 1. The standard InChI is InChI=1S/C26H26N2O2S/c1-4-17(2)19-11-13-21(14-12-19)30-16-25(29)27-23-15-20(10-9-18(23)3)26-28-22-7-5-6-8-24(22)31-26/h5-15,17H,4,16H2,1-3H3,(H,27,29)/t17-/m1/s1. The third-order valence-electron chi connectivity index (χ3n) is 5.48. The number of fused-ring (bicyclic) bond motifs is 1. The molecule has 31 heavy (non-hydrogen) atoms. The molecule has 0 spiro atoms. The lowest BCUT2D eigenvalue weighted by Gasteiger charge is -2.12. The minimum absolute atomic E-state index is 0.0342. The number of benzene rings is 3. The molecule has 0 bridgehead atoms. The molecule has 0 saturated carbocycles. The third kappa shape index (κ3) is 4.94. The number of ether oxygens (including phenoxy) is 1. The smallest absolute Gasteiger partial charge is 0.262 e. The number of anilines is 1. The molecule has 0 saturated heterocycles. The first-order valence-electron chi connectivity index (χ1n) is 10.5. The Balaban J connectivity index is 1.42. The maximum absolute atomic E-state index is 12.5. The van der Waals surface area contributed by atoms with E-state index in [1.165, 1.54) is 5.56 Å². The van der Waals surface area contributed by atoms with Crippen LogP contribution in [-0.4, -0.2) is 17.5 Å². The van der Waals surface area contributed by atoms with E-state index < -0.39 is 0 Å². The van der Waals surface area contributed by atoms with Crippen molar-refractivity contribution in [1.29, 1.82) is 0 Å². The van der Waals surface area contributed by atoms with Crippen molar-refractivity contribution in [3.05, 3.63) is 77.9 Å². The molecular formula is C26H26N2O2S. The second-order valence-electron chi connectivity index (χ2n) is 7.73. The third-order valence-corrected chi connectivity index (χ3v) is 6.57. The van der Waals surface area contributed by atoms with E-state index in [0.29, 0.717) is 11.7 Å². The number of nitrogens with one attached hydrogen (secondary N) is 1. The van der Waals surface area contributed by atoms with Gasteiger partial charge in [0.05, 0.1) is 10.2 Å². The first-order valence-corrected chi connectivity index (χ1v) is 11.3. The molecule has 5 heteroatoms. The minimum atomic E-state index is -0.185. The van der Waals surface area contributed by atoms with Crippen LogP contribution in [0.25, 0.3) is 20.8 Å². The maximum Gasteiger partial charge on any atom is 0.262 e. The molecule has 1 atom stereocenters. The summed E-state index contributed by atoms with van der Waals surface area (Å²) < 4.78 is 6.83. The molecule has 0 unspecified atom stereocenters. The number of nitrogens with zero attached hydrogens (tertiary/aromatic N) is 1. The predicted octanol–water partition coefficient (Wildman–Crippen LogP) is 6.80. The van der Waals surface area contributed by atoms with Crippen LogP contribution in [0.4, 0.5) is 5.69 Å². The Kier molecular flexibility index (Phi) is 6.33. The van der Waals surface area contributed by atoms with Crippen molar-refractivity contribution in [3.8, 4) is 16.3 Å². The minimum Gasteiger partial charge on any atom is -0.484 e. The Morgan fingerprint density at radius 3 is 2.61 bits per heavy atom. The fraction of sp³-hybridized carbons (Fsp3) is 0.231. The maximum atomic E-state index is 12.5. The number of para-hydroxylation sites is 1. The molecule has 1 heterocycles. The van der Waals surface area contributed by atoms with E-state index in [2.05, 4.69) is 37.4 Å². The van der Waals surface area contributed by atoms with Crippen molar-refractivity contribution in [3.63, 3.8) is 0 Å². The SMILES string of the molecule is CC[C@@H](C)c1ccc(OCC(=O)Nc2cc(-c3nc4ccccc4s3)ccc2C)cc1. The van der Waals surface area contributed by atoms with Crippen molar-refractivity contribution in [1.82, 2.24) is 4.98 Å². The highest BCUT2D eigenvalue weighted by molar-refractivity contribution is 7.21. The van der Waals surface area contributed by atoms with Gasteiger partial charge in [0, 0.05) is 11.3 Å². The average molecular weight is 431 g/mol. The largest absolute Gasteiger partial charge is 0.484 e. The van der Waals surface area contributed by atoms with Gasteiger partial charge in [-0.3, -0.25) is 4.79 Å². The van der Waals surface area contributed by atoms with Crippen molar-refractivity contribution in [2.45, 2.75) is 33.1 Å². The van der Waals surface area contributed by atoms with Crippen LogP contribution < -0.4 is 10.1 Å². The van der Waals surface area contributed by atoms with Crippen LogP contribution in [0.1, 0.15) is 37.3 Å². The highest BCUT2D eigenvalue weighted by Crippen LogP contribution is 2.32. The zero-order valence-electron chi connectivity index (χ0n) is 18.0. The molecule has 1 amide bonds. The summed E-state index contributed by atoms with van der Waals surface area (Å²) in [4.78, 5) is 17.2. The number of hydrogen-bond acceptors (Lipinski definition) is 4. The van der Waals surface area contributed by atoms with E-state index in [9.17, 15) is 4.79 Å². The van der Waals surface area contributed by atoms with Crippen molar-refractivity contribution < 1.29 is 9.53 Å². The number of rotatable bonds is 7. The normalized spacial score (nSPS) is 12.0. The van der Waals surface area contributed by atoms with Gasteiger partial charge in [0.2, 0.25) is 0 Å². The molecule has 0 fully saturated rings. The van der Waals surface area contributed by atoms with Gasteiger partial charge in [-0.25, -0.2) is 4.98 Å². The van der Waals surface area contributed by atoms with Gasteiger partial charge < -0.3 is 10.1 Å². The van der Waals surface area contributed by atoms with Gasteiger partial charge in [-0.2, -0.15) is 0 Å². The van der Waals surface area contributed by atoms with Gasteiger partial charge in [0.15, 0.2) is 6.61 Å². The number of carbonyl (C=O) groups is 1. The molecule has 0 aliphatic heterocycles. The number of thiazole rings is 1. The zero-order chi connectivity index (χ0) is 21.8. The summed E-state index contributed by atoms with van der Waals surface area (Å²) in [5.41, 5.74) is 5.03. The Bertz CT molecular complexity index is 1160. The molecule has 4 nitrogen and oxygen atoms in total. The van der Waals surface area contributed by atoms with E-state index in [4.69, 9.17) is 9.72 Å². The van der Waals surface area contributed by atoms with Crippen molar-refractivity contribution >= 4 is 33.1 Å².